The van der Waals surface area contributed by atoms with Gasteiger partial charge in [0.05, 0.1) is 0 Å². The largest absolute Gasteiger partial charge is 0.482 e. The van der Waals surface area contributed by atoms with Crippen molar-refractivity contribution in [3.8, 4) is 5.75 Å². The summed E-state index contributed by atoms with van der Waals surface area (Å²) in [6.07, 6.45) is 8.21. The summed E-state index contributed by atoms with van der Waals surface area (Å²) in [5.41, 5.74) is 2.92. The minimum absolute atomic E-state index is 0.167. The number of aryl methyl sites for hydroxylation is 2. The van der Waals surface area contributed by atoms with E-state index in [1.165, 1.54) is 12.8 Å². The Morgan fingerprint density at radius 1 is 1.07 bits per heavy atom. The standard InChI is InChI=1S/C23H30O4/c1-4-5-6-7-10-18-15(2)17-13-14-20(16(3)22(17)27-23(18)25)26-21-12-9-8-11-19(21)24/h13-14,21H,4-12H2,1-3H3/t21-/m0/s1. The molecule has 4 nitrogen and oxygen atoms in total. The first-order valence-corrected chi connectivity index (χ1v) is 10.3. The molecule has 1 atom stereocenters. The van der Waals surface area contributed by atoms with Gasteiger partial charge in [-0.15, -0.1) is 0 Å². The fraction of sp³-hybridized carbons (Fsp3) is 0.565. The quantitative estimate of drug-likeness (QED) is 0.482. The first-order valence-electron chi connectivity index (χ1n) is 10.3. The van der Waals surface area contributed by atoms with Gasteiger partial charge in [0.2, 0.25) is 0 Å². The van der Waals surface area contributed by atoms with Gasteiger partial charge in [0.15, 0.2) is 11.9 Å². The highest BCUT2D eigenvalue weighted by molar-refractivity contribution is 5.87. The number of carbonyl (C=O) groups is 1. The number of Topliss-reactive ketones (excluding diaryl/α,β-unsaturated/α-hetero) is 1. The van der Waals surface area contributed by atoms with Gasteiger partial charge in [-0.1, -0.05) is 26.2 Å². The van der Waals surface area contributed by atoms with Crippen LogP contribution in [0.2, 0.25) is 0 Å². The van der Waals surface area contributed by atoms with Crippen molar-refractivity contribution in [1.29, 1.82) is 0 Å². The molecule has 3 rings (SSSR count). The van der Waals surface area contributed by atoms with Crippen LogP contribution >= 0.6 is 0 Å². The van der Waals surface area contributed by atoms with Crippen LogP contribution < -0.4 is 10.4 Å². The van der Waals surface area contributed by atoms with E-state index in [1.807, 2.05) is 26.0 Å². The second kappa shape index (κ2) is 8.73. The molecule has 0 radical (unpaired) electrons. The minimum Gasteiger partial charge on any atom is -0.482 e. The molecule has 4 heteroatoms. The van der Waals surface area contributed by atoms with Crippen LogP contribution in [0.1, 0.15) is 75.0 Å². The molecule has 1 fully saturated rings. The molecule has 0 spiro atoms. The average Bonchev–Trinajstić information content (AvgIpc) is 2.65. The lowest BCUT2D eigenvalue weighted by Crippen LogP contribution is -2.30. The molecule has 0 unspecified atom stereocenters. The van der Waals surface area contributed by atoms with Crippen molar-refractivity contribution in [2.45, 2.75) is 84.7 Å². The third-order valence-electron chi connectivity index (χ3n) is 5.70. The number of carbonyl (C=O) groups excluding carboxylic acids is 1. The van der Waals surface area contributed by atoms with Gasteiger partial charge < -0.3 is 9.15 Å². The lowest BCUT2D eigenvalue weighted by atomic mass is 9.96. The van der Waals surface area contributed by atoms with E-state index in [9.17, 15) is 9.59 Å². The summed E-state index contributed by atoms with van der Waals surface area (Å²) >= 11 is 0. The second-order valence-electron chi connectivity index (χ2n) is 7.69. The summed E-state index contributed by atoms with van der Waals surface area (Å²) in [6, 6.07) is 3.87. The third-order valence-corrected chi connectivity index (χ3v) is 5.70. The molecule has 1 heterocycles. The Hall–Kier alpha value is -2.10. The summed E-state index contributed by atoms with van der Waals surface area (Å²) < 4.78 is 11.7. The van der Waals surface area contributed by atoms with Gasteiger partial charge >= 0.3 is 5.63 Å². The van der Waals surface area contributed by atoms with Crippen molar-refractivity contribution in [3.63, 3.8) is 0 Å². The second-order valence-corrected chi connectivity index (χ2v) is 7.69. The van der Waals surface area contributed by atoms with Crippen LogP contribution in [0, 0.1) is 13.8 Å². The summed E-state index contributed by atoms with van der Waals surface area (Å²) in [7, 11) is 0. The van der Waals surface area contributed by atoms with E-state index in [1.54, 1.807) is 0 Å². The average molecular weight is 370 g/mol. The number of ether oxygens (including phenoxy) is 1. The van der Waals surface area contributed by atoms with Crippen molar-refractivity contribution < 1.29 is 13.9 Å². The zero-order valence-corrected chi connectivity index (χ0v) is 16.7. The summed E-state index contributed by atoms with van der Waals surface area (Å²) in [4.78, 5) is 24.6. The molecule has 1 aromatic carbocycles. The molecule has 146 valence electrons. The Labute approximate surface area is 160 Å². The van der Waals surface area contributed by atoms with E-state index < -0.39 is 0 Å². The number of unbranched alkanes of at least 4 members (excludes halogenated alkanes) is 3. The molecule has 0 amide bonds. The molecule has 1 aromatic heterocycles. The Balaban J connectivity index is 1.89. The normalized spacial score (nSPS) is 17.4. The van der Waals surface area contributed by atoms with Gasteiger partial charge in [0, 0.05) is 22.9 Å². The van der Waals surface area contributed by atoms with Gasteiger partial charge in [-0.3, -0.25) is 4.79 Å². The maximum absolute atomic E-state index is 12.6. The number of rotatable bonds is 7. The first-order chi connectivity index (χ1) is 13.0. The third kappa shape index (κ3) is 4.26. The molecule has 0 N–H and O–H groups in total. The minimum atomic E-state index is -0.374. The molecule has 1 aliphatic rings. The maximum atomic E-state index is 12.6. The van der Waals surface area contributed by atoms with E-state index in [0.29, 0.717) is 17.8 Å². The van der Waals surface area contributed by atoms with E-state index >= 15 is 0 Å². The highest BCUT2D eigenvalue weighted by Gasteiger charge is 2.25. The molecule has 1 saturated carbocycles. The molecule has 27 heavy (non-hydrogen) atoms. The molecule has 0 saturated heterocycles. The topological polar surface area (TPSA) is 56.5 Å². The molecule has 1 aliphatic carbocycles. The Kier molecular flexibility index (Phi) is 6.35. The SMILES string of the molecule is CCCCCCc1c(C)c2ccc(O[C@H]3CCCCC3=O)c(C)c2oc1=O. The Bertz CT molecular complexity index is 878. The lowest BCUT2D eigenvalue weighted by molar-refractivity contribution is -0.127. The predicted molar refractivity (Wildman–Crippen MR) is 108 cm³/mol. The molecule has 0 bridgehead atoms. The summed E-state index contributed by atoms with van der Waals surface area (Å²) in [6.45, 7) is 6.08. The lowest BCUT2D eigenvalue weighted by Gasteiger charge is -2.23. The summed E-state index contributed by atoms with van der Waals surface area (Å²) in [5, 5.41) is 0.958. The smallest absolute Gasteiger partial charge is 0.339 e. The van der Waals surface area contributed by atoms with Crippen molar-refractivity contribution in [1.82, 2.24) is 0 Å². The number of hydrogen-bond acceptors (Lipinski definition) is 4. The fourth-order valence-corrected chi connectivity index (χ4v) is 3.95. The van der Waals surface area contributed by atoms with Crippen LogP contribution in [0.3, 0.4) is 0 Å². The highest BCUT2D eigenvalue weighted by atomic mass is 16.5. The van der Waals surface area contributed by atoms with Crippen LogP contribution in [0.25, 0.3) is 11.0 Å². The zero-order chi connectivity index (χ0) is 19.4. The van der Waals surface area contributed by atoms with Crippen molar-refractivity contribution in [3.05, 3.63) is 39.2 Å². The molecular formula is C23H30O4. The van der Waals surface area contributed by atoms with Gasteiger partial charge in [0.25, 0.3) is 0 Å². The van der Waals surface area contributed by atoms with Gasteiger partial charge in [-0.25, -0.2) is 4.79 Å². The van der Waals surface area contributed by atoms with Gasteiger partial charge in [0.1, 0.15) is 11.3 Å². The Morgan fingerprint density at radius 3 is 2.63 bits per heavy atom. The van der Waals surface area contributed by atoms with E-state index in [4.69, 9.17) is 9.15 Å². The van der Waals surface area contributed by atoms with Crippen LogP contribution in [0.5, 0.6) is 5.75 Å². The van der Waals surface area contributed by atoms with E-state index in [2.05, 4.69) is 6.92 Å². The van der Waals surface area contributed by atoms with E-state index in [0.717, 1.165) is 60.6 Å². The van der Waals surface area contributed by atoms with Gasteiger partial charge in [-0.2, -0.15) is 0 Å². The molecular weight excluding hydrogens is 340 g/mol. The highest BCUT2D eigenvalue weighted by Crippen LogP contribution is 2.31. The van der Waals surface area contributed by atoms with Gasteiger partial charge in [-0.05, 0) is 63.6 Å². The van der Waals surface area contributed by atoms with Crippen LogP contribution in [0.4, 0.5) is 0 Å². The fourth-order valence-electron chi connectivity index (χ4n) is 3.95. The van der Waals surface area contributed by atoms with Crippen LogP contribution in [0.15, 0.2) is 21.3 Å². The van der Waals surface area contributed by atoms with E-state index in [-0.39, 0.29) is 17.5 Å². The zero-order valence-electron chi connectivity index (χ0n) is 16.7. The number of fused-ring (bicyclic) bond motifs is 1. The summed E-state index contributed by atoms with van der Waals surface area (Å²) in [5.74, 6) is 0.807. The predicted octanol–water partition coefficient (Wildman–Crippen LogP) is 5.42. The number of ketones is 1. The Morgan fingerprint density at radius 2 is 1.89 bits per heavy atom. The monoisotopic (exact) mass is 370 g/mol. The van der Waals surface area contributed by atoms with Crippen molar-refractivity contribution in [2.24, 2.45) is 0 Å². The number of hydrogen-bond donors (Lipinski definition) is 0. The van der Waals surface area contributed by atoms with Crippen molar-refractivity contribution >= 4 is 16.8 Å². The first kappa shape index (κ1) is 19.7. The van der Waals surface area contributed by atoms with Crippen molar-refractivity contribution in [2.75, 3.05) is 0 Å². The number of benzene rings is 1. The maximum Gasteiger partial charge on any atom is 0.339 e. The van der Waals surface area contributed by atoms with Crippen LogP contribution in [-0.4, -0.2) is 11.9 Å². The molecule has 2 aromatic rings. The molecule has 0 aliphatic heterocycles. The van der Waals surface area contributed by atoms with Crippen LogP contribution in [-0.2, 0) is 11.2 Å².